The van der Waals surface area contributed by atoms with Crippen LogP contribution in [-0.4, -0.2) is 10.9 Å². The number of aryl methyl sites for hydroxylation is 2. The van der Waals surface area contributed by atoms with Gasteiger partial charge in [0.15, 0.2) is 0 Å². The van der Waals surface area contributed by atoms with Gasteiger partial charge in [-0.2, -0.15) is 0 Å². The first-order valence-corrected chi connectivity index (χ1v) is 8.36. The zero-order chi connectivity index (χ0) is 16.2. The van der Waals surface area contributed by atoms with Crippen molar-refractivity contribution in [3.8, 4) is 10.6 Å². The Hall–Kier alpha value is -2.46. The van der Waals surface area contributed by atoms with Crippen LogP contribution in [0.5, 0.6) is 0 Å². The molecule has 1 heterocycles. The first kappa shape index (κ1) is 15.4. The number of nitrogens with zero attached hydrogens (tertiary/aromatic N) is 1. The van der Waals surface area contributed by atoms with Gasteiger partial charge in [0.05, 0.1) is 12.2 Å². The average Bonchev–Trinajstić information content (AvgIpc) is 3.02. The molecule has 0 spiro atoms. The van der Waals surface area contributed by atoms with Crippen molar-refractivity contribution in [2.75, 3.05) is 0 Å². The van der Waals surface area contributed by atoms with Gasteiger partial charge in [0.1, 0.15) is 5.01 Å². The van der Waals surface area contributed by atoms with E-state index in [1.807, 2.05) is 36.6 Å². The third-order valence-electron chi connectivity index (χ3n) is 3.56. The number of hydrogen-bond acceptors (Lipinski definition) is 3. The Kier molecular flexibility index (Phi) is 4.53. The maximum atomic E-state index is 12.1. The molecule has 0 saturated heterocycles. The molecule has 23 heavy (non-hydrogen) atoms. The van der Waals surface area contributed by atoms with Gasteiger partial charge in [0.2, 0.25) is 0 Å². The fourth-order valence-electron chi connectivity index (χ4n) is 2.28. The highest BCUT2D eigenvalue weighted by molar-refractivity contribution is 7.13. The van der Waals surface area contributed by atoms with Crippen molar-refractivity contribution in [2.24, 2.45) is 0 Å². The minimum atomic E-state index is -0.0708. The molecule has 3 nitrogen and oxygen atoms in total. The maximum absolute atomic E-state index is 12.1. The fraction of sp³-hybridized carbons (Fsp3) is 0.158. The van der Waals surface area contributed by atoms with Crippen molar-refractivity contribution in [1.29, 1.82) is 0 Å². The lowest BCUT2D eigenvalue weighted by Gasteiger charge is -2.04. The number of aromatic nitrogens is 1. The third kappa shape index (κ3) is 3.85. The minimum Gasteiger partial charge on any atom is -0.346 e. The van der Waals surface area contributed by atoms with Crippen LogP contribution in [-0.2, 0) is 6.54 Å². The van der Waals surface area contributed by atoms with Crippen LogP contribution in [0.2, 0.25) is 0 Å². The van der Waals surface area contributed by atoms with Crippen molar-refractivity contribution in [1.82, 2.24) is 10.3 Å². The highest BCUT2D eigenvalue weighted by atomic mass is 32.1. The lowest BCUT2D eigenvalue weighted by molar-refractivity contribution is 0.0950. The summed E-state index contributed by atoms with van der Waals surface area (Å²) in [6.07, 6.45) is 0. The van der Waals surface area contributed by atoms with Gasteiger partial charge in [0.25, 0.3) is 5.91 Å². The number of carbonyl (C=O) groups excluding carboxylic acids is 1. The largest absolute Gasteiger partial charge is 0.346 e. The molecule has 0 aliphatic carbocycles. The van der Waals surface area contributed by atoms with Crippen LogP contribution in [0.3, 0.4) is 0 Å². The topological polar surface area (TPSA) is 42.0 Å². The Bertz CT molecular complexity index is 821. The van der Waals surface area contributed by atoms with E-state index in [1.54, 1.807) is 11.3 Å². The van der Waals surface area contributed by atoms with Gasteiger partial charge in [-0.3, -0.25) is 4.79 Å². The van der Waals surface area contributed by atoms with E-state index in [1.165, 1.54) is 5.56 Å². The van der Waals surface area contributed by atoms with Crippen molar-refractivity contribution < 1.29 is 4.79 Å². The monoisotopic (exact) mass is 322 g/mol. The Labute approximate surface area is 140 Å². The van der Waals surface area contributed by atoms with Crippen LogP contribution in [0.4, 0.5) is 0 Å². The second-order valence-corrected chi connectivity index (χ2v) is 6.42. The van der Waals surface area contributed by atoms with Crippen molar-refractivity contribution >= 4 is 17.2 Å². The van der Waals surface area contributed by atoms with Gasteiger partial charge >= 0.3 is 0 Å². The molecule has 0 aliphatic heterocycles. The van der Waals surface area contributed by atoms with Crippen molar-refractivity contribution in [3.63, 3.8) is 0 Å². The molecule has 0 fully saturated rings. The second-order valence-electron chi connectivity index (χ2n) is 5.56. The molecule has 0 aliphatic rings. The van der Waals surface area contributed by atoms with Gasteiger partial charge in [-0.15, -0.1) is 11.3 Å². The normalized spacial score (nSPS) is 10.5. The highest BCUT2D eigenvalue weighted by Gasteiger charge is 2.08. The number of amides is 1. The Morgan fingerprint density at radius 2 is 1.87 bits per heavy atom. The molecule has 0 unspecified atom stereocenters. The van der Waals surface area contributed by atoms with Crippen LogP contribution in [0.25, 0.3) is 10.6 Å². The number of thiazole rings is 1. The molecule has 0 radical (unpaired) electrons. The second kappa shape index (κ2) is 6.75. The fourth-order valence-corrected chi connectivity index (χ4v) is 3.10. The molecule has 1 N–H and O–H groups in total. The van der Waals surface area contributed by atoms with Gasteiger partial charge in [-0.05, 0) is 26.0 Å². The zero-order valence-corrected chi connectivity index (χ0v) is 14.0. The molecule has 116 valence electrons. The molecule has 1 aromatic heterocycles. The van der Waals surface area contributed by atoms with Crippen LogP contribution in [0, 0.1) is 13.8 Å². The van der Waals surface area contributed by atoms with Crippen LogP contribution in [0.15, 0.2) is 53.9 Å². The quantitative estimate of drug-likeness (QED) is 0.775. The summed E-state index contributed by atoms with van der Waals surface area (Å²) in [7, 11) is 0. The molecule has 0 atom stereocenters. The summed E-state index contributed by atoms with van der Waals surface area (Å²) in [4.78, 5) is 16.7. The Morgan fingerprint density at radius 1 is 1.09 bits per heavy atom. The number of nitrogens with one attached hydrogen (secondary N) is 1. The van der Waals surface area contributed by atoms with Crippen LogP contribution >= 0.6 is 11.3 Å². The van der Waals surface area contributed by atoms with E-state index in [0.29, 0.717) is 12.1 Å². The summed E-state index contributed by atoms with van der Waals surface area (Å²) in [5, 5.41) is 5.89. The highest BCUT2D eigenvalue weighted by Crippen LogP contribution is 2.23. The van der Waals surface area contributed by atoms with E-state index >= 15 is 0 Å². The van der Waals surface area contributed by atoms with Gasteiger partial charge in [0, 0.05) is 16.5 Å². The molecule has 0 saturated carbocycles. The first-order valence-electron chi connectivity index (χ1n) is 7.48. The zero-order valence-electron chi connectivity index (χ0n) is 13.2. The number of carbonyl (C=O) groups is 1. The van der Waals surface area contributed by atoms with E-state index in [0.717, 1.165) is 21.8 Å². The summed E-state index contributed by atoms with van der Waals surface area (Å²) < 4.78 is 0. The average molecular weight is 322 g/mol. The molecule has 2 aromatic carbocycles. The van der Waals surface area contributed by atoms with E-state index in [4.69, 9.17) is 0 Å². The lowest BCUT2D eigenvalue weighted by atomic mass is 10.1. The SMILES string of the molecule is Cc1ccc(-c2nc(CNC(=O)c3cccc(C)c3)cs2)cc1. The van der Waals surface area contributed by atoms with Crippen molar-refractivity contribution in [3.05, 3.63) is 76.3 Å². The number of rotatable bonds is 4. The number of hydrogen-bond donors (Lipinski definition) is 1. The van der Waals surface area contributed by atoms with Crippen LogP contribution in [0.1, 0.15) is 27.2 Å². The summed E-state index contributed by atoms with van der Waals surface area (Å²) >= 11 is 1.60. The molecule has 3 rings (SSSR count). The Morgan fingerprint density at radius 3 is 2.61 bits per heavy atom. The molecular formula is C19H18N2OS. The summed E-state index contributed by atoms with van der Waals surface area (Å²) in [5.41, 5.74) is 4.98. The molecule has 4 heteroatoms. The molecule has 0 bridgehead atoms. The Balaban J connectivity index is 1.65. The maximum Gasteiger partial charge on any atom is 0.251 e. The third-order valence-corrected chi connectivity index (χ3v) is 4.50. The van der Waals surface area contributed by atoms with Gasteiger partial charge in [-0.1, -0.05) is 47.5 Å². The molecule has 1 amide bonds. The lowest BCUT2D eigenvalue weighted by Crippen LogP contribution is -2.22. The van der Waals surface area contributed by atoms with E-state index in [2.05, 4.69) is 41.5 Å². The summed E-state index contributed by atoms with van der Waals surface area (Å²) in [6.45, 7) is 4.48. The predicted molar refractivity (Wildman–Crippen MR) is 94.6 cm³/mol. The molecule has 3 aromatic rings. The van der Waals surface area contributed by atoms with E-state index in [9.17, 15) is 4.79 Å². The number of benzene rings is 2. The standard InChI is InChI=1S/C19H18N2OS/c1-13-6-8-15(9-7-13)19-21-17(12-23-19)11-20-18(22)16-5-3-4-14(2)10-16/h3-10,12H,11H2,1-2H3,(H,20,22). The first-order chi connectivity index (χ1) is 11.1. The van der Waals surface area contributed by atoms with E-state index in [-0.39, 0.29) is 5.91 Å². The van der Waals surface area contributed by atoms with Crippen LogP contribution < -0.4 is 5.32 Å². The molecular weight excluding hydrogens is 304 g/mol. The predicted octanol–water partition coefficient (Wildman–Crippen LogP) is 4.36. The van der Waals surface area contributed by atoms with E-state index < -0.39 is 0 Å². The van der Waals surface area contributed by atoms with Crippen molar-refractivity contribution in [2.45, 2.75) is 20.4 Å². The smallest absolute Gasteiger partial charge is 0.251 e. The summed E-state index contributed by atoms with van der Waals surface area (Å²) in [6, 6.07) is 15.9. The van der Waals surface area contributed by atoms with Gasteiger partial charge < -0.3 is 5.32 Å². The van der Waals surface area contributed by atoms with Gasteiger partial charge in [-0.25, -0.2) is 4.98 Å². The minimum absolute atomic E-state index is 0.0708. The summed E-state index contributed by atoms with van der Waals surface area (Å²) in [5.74, 6) is -0.0708.